The molecule has 0 radical (unpaired) electrons. The third-order valence-electron chi connectivity index (χ3n) is 6.47. The van der Waals surface area contributed by atoms with Crippen molar-refractivity contribution in [1.82, 2.24) is 0 Å². The summed E-state index contributed by atoms with van der Waals surface area (Å²) in [6.07, 6.45) is -3.03. The molecule has 2 fully saturated rings. The summed E-state index contributed by atoms with van der Waals surface area (Å²) in [7, 11) is -10.2. The van der Waals surface area contributed by atoms with Crippen LogP contribution in [0.25, 0.3) is 0 Å². The van der Waals surface area contributed by atoms with Gasteiger partial charge in [-0.2, -0.15) is 0 Å². The first-order valence-corrected chi connectivity index (χ1v) is 11.7. The first kappa shape index (κ1) is 23.8. The molecular weight excluding hydrogens is 487 g/mol. The first-order valence-electron chi connectivity index (χ1n) is 10.5. The van der Waals surface area contributed by atoms with Crippen LogP contribution in [0.15, 0.2) is 18.2 Å². The number of rotatable bonds is 4. The zero-order chi connectivity index (χ0) is 23.0. The Morgan fingerprint density at radius 2 is 1.83 bits per heavy atom. The SMILES string of the molecule is [2H]C1([2H])C[C@H]2[C@@H]3CCc4cc(OS(=O)(=O)[O-])ccc4[C@H]3CC[C@]2(C)[C@@]1([2H])OS(=O)(=O)[O-].[K+].[K+]. The molecule has 1 aromatic carbocycles. The summed E-state index contributed by atoms with van der Waals surface area (Å²) in [5, 5.41) is 0. The fourth-order valence-electron chi connectivity index (χ4n) is 5.34. The molecule has 3 aliphatic carbocycles. The monoisotopic (exact) mass is 511 g/mol. The van der Waals surface area contributed by atoms with Crippen molar-refractivity contribution in [3.8, 4) is 5.75 Å². The van der Waals surface area contributed by atoms with Crippen LogP contribution in [-0.2, 0) is 31.4 Å². The van der Waals surface area contributed by atoms with Gasteiger partial charge < -0.3 is 13.3 Å². The first-order chi connectivity index (χ1) is 14.1. The fourth-order valence-corrected chi connectivity index (χ4v) is 6.13. The standard InChI is InChI=1S/C18H24O8S2.2K/c1-18-9-8-14-13-5-3-12(25-27(19,20)21)10-11(13)2-4-15(14)16(18)6-7-17(18)26-28(22,23)24;;/h3,5,10,14-17H,2,4,6-9H2,1H3,(H,19,20,21)(H,22,23,24);;/q;2*+1/p-2/t14-,15-,16+,17+,18+;;/m1../s1/i7D2,17D;;. The van der Waals surface area contributed by atoms with Crippen LogP contribution in [0.3, 0.4) is 0 Å². The molecule has 0 heterocycles. The molecule has 156 valence electrons. The van der Waals surface area contributed by atoms with Crippen LogP contribution in [0.2, 0.25) is 0 Å². The molecule has 0 aliphatic heterocycles. The van der Waals surface area contributed by atoms with E-state index in [1.54, 1.807) is 13.0 Å². The molecule has 0 spiro atoms. The average molecular weight is 512 g/mol. The normalized spacial score (nSPS) is 38.2. The molecule has 2 saturated carbocycles. The summed E-state index contributed by atoms with van der Waals surface area (Å²) in [5.41, 5.74) is 0.601. The Morgan fingerprint density at radius 3 is 2.47 bits per heavy atom. The van der Waals surface area contributed by atoms with E-state index in [-0.39, 0.29) is 139 Å². The maximum absolute atomic E-state index is 11.3. The van der Waals surface area contributed by atoms with E-state index in [1.807, 2.05) is 0 Å². The molecule has 0 bridgehead atoms. The van der Waals surface area contributed by atoms with Gasteiger partial charge in [0.1, 0.15) is 5.75 Å². The molecule has 8 nitrogen and oxygen atoms in total. The number of aryl methyl sites for hydroxylation is 1. The topological polar surface area (TPSA) is 133 Å². The van der Waals surface area contributed by atoms with Gasteiger partial charge in [-0.05, 0) is 84.9 Å². The minimum Gasteiger partial charge on any atom is -0.726 e. The molecule has 0 N–H and O–H groups in total. The van der Waals surface area contributed by atoms with Crippen LogP contribution in [0.4, 0.5) is 0 Å². The van der Waals surface area contributed by atoms with E-state index in [0.717, 1.165) is 11.1 Å². The second kappa shape index (κ2) is 10.4. The van der Waals surface area contributed by atoms with E-state index < -0.39 is 38.7 Å². The van der Waals surface area contributed by atoms with Crippen molar-refractivity contribution in [2.24, 2.45) is 17.3 Å². The molecule has 30 heavy (non-hydrogen) atoms. The van der Waals surface area contributed by atoms with Crippen LogP contribution in [0, 0.1) is 17.3 Å². The Kier molecular flexibility index (Phi) is 8.22. The molecule has 0 unspecified atom stereocenters. The van der Waals surface area contributed by atoms with Crippen molar-refractivity contribution in [3.63, 3.8) is 0 Å². The third kappa shape index (κ3) is 6.00. The molecule has 0 saturated heterocycles. The van der Waals surface area contributed by atoms with Crippen molar-refractivity contribution < 1.29 is 141 Å². The summed E-state index contributed by atoms with van der Waals surface area (Å²) >= 11 is 0. The second-order valence-electron chi connectivity index (χ2n) is 7.93. The van der Waals surface area contributed by atoms with Crippen molar-refractivity contribution >= 4 is 20.8 Å². The Balaban J connectivity index is 0.00000193. The fraction of sp³-hybridized carbons (Fsp3) is 0.667. The van der Waals surface area contributed by atoms with E-state index in [2.05, 4.69) is 8.37 Å². The van der Waals surface area contributed by atoms with Crippen molar-refractivity contribution in [3.05, 3.63) is 29.3 Å². The number of hydrogen-bond donors (Lipinski definition) is 0. The third-order valence-corrected chi connectivity index (χ3v) is 7.24. The number of benzene rings is 1. The maximum Gasteiger partial charge on any atom is 1.00 e. The summed E-state index contributed by atoms with van der Waals surface area (Å²) in [4.78, 5) is 0. The minimum absolute atomic E-state index is 0. The van der Waals surface area contributed by atoms with Crippen LogP contribution < -0.4 is 107 Å². The van der Waals surface area contributed by atoms with Gasteiger partial charge in [0.15, 0.2) is 0 Å². The summed E-state index contributed by atoms with van der Waals surface area (Å²) in [5.74, 6) is -0.529. The average Bonchev–Trinajstić information content (AvgIpc) is 2.75. The van der Waals surface area contributed by atoms with E-state index >= 15 is 0 Å². The minimum atomic E-state index is -5.29. The predicted molar refractivity (Wildman–Crippen MR) is 96.0 cm³/mol. The van der Waals surface area contributed by atoms with E-state index in [4.69, 9.17) is 4.11 Å². The van der Waals surface area contributed by atoms with Gasteiger partial charge in [0, 0.05) is 2.74 Å². The van der Waals surface area contributed by atoms with Crippen molar-refractivity contribution in [1.29, 1.82) is 0 Å². The van der Waals surface area contributed by atoms with Crippen LogP contribution in [0.5, 0.6) is 5.75 Å². The quantitative estimate of drug-likeness (QED) is 0.229. The van der Waals surface area contributed by atoms with Crippen molar-refractivity contribution in [2.75, 3.05) is 0 Å². The molecule has 0 amide bonds. The van der Waals surface area contributed by atoms with Crippen LogP contribution in [-0.4, -0.2) is 32.0 Å². The predicted octanol–water partition coefficient (Wildman–Crippen LogP) is -3.76. The van der Waals surface area contributed by atoms with Crippen LogP contribution >= 0.6 is 0 Å². The van der Waals surface area contributed by atoms with Gasteiger partial charge in [-0.25, -0.2) is 16.8 Å². The largest absolute Gasteiger partial charge is 1.00 e. The molecule has 3 aliphatic rings. The zero-order valence-electron chi connectivity index (χ0n) is 20.1. The number of hydrogen-bond acceptors (Lipinski definition) is 8. The van der Waals surface area contributed by atoms with Gasteiger partial charge in [0.2, 0.25) is 10.4 Å². The molecule has 12 heteroatoms. The van der Waals surface area contributed by atoms with E-state index in [9.17, 15) is 25.9 Å². The molecule has 4 rings (SSSR count). The zero-order valence-corrected chi connectivity index (χ0v) is 25.0. The Labute approximate surface area is 267 Å². The summed E-state index contributed by atoms with van der Waals surface area (Å²) in [6.45, 7) is 1.63. The second-order valence-corrected chi connectivity index (χ2v) is 9.89. The van der Waals surface area contributed by atoms with Gasteiger partial charge in [0.25, 0.3) is 10.4 Å². The number of fused-ring (bicyclic) bond motifs is 5. The Bertz CT molecular complexity index is 1130. The molecular formula is C18H22K2O8S2. The Hall–Kier alpha value is 2.07. The van der Waals surface area contributed by atoms with Gasteiger partial charge in [-0.3, -0.25) is 4.18 Å². The molecule has 5 atom stereocenters. The van der Waals surface area contributed by atoms with Crippen molar-refractivity contribution in [2.45, 2.75) is 57.4 Å². The van der Waals surface area contributed by atoms with Crippen LogP contribution in [0.1, 0.15) is 60.1 Å². The molecule has 1 aromatic rings. The van der Waals surface area contributed by atoms with Gasteiger partial charge in [-0.1, -0.05) is 13.0 Å². The summed E-state index contributed by atoms with van der Waals surface area (Å²) in [6, 6.07) is 4.62. The Morgan fingerprint density at radius 1 is 1.13 bits per heavy atom. The molecule has 0 aromatic heterocycles. The van der Waals surface area contributed by atoms with Gasteiger partial charge in [0.05, 0.1) is 7.45 Å². The van der Waals surface area contributed by atoms with E-state index in [1.165, 1.54) is 12.1 Å². The summed E-state index contributed by atoms with van der Waals surface area (Å²) < 4.78 is 101. The van der Waals surface area contributed by atoms with Gasteiger partial charge in [-0.15, -0.1) is 0 Å². The van der Waals surface area contributed by atoms with E-state index in [0.29, 0.717) is 19.3 Å². The van der Waals surface area contributed by atoms with Gasteiger partial charge >= 0.3 is 103 Å². The smallest absolute Gasteiger partial charge is 0.726 e. The maximum atomic E-state index is 11.3.